The zero-order valence-corrected chi connectivity index (χ0v) is 21.3. The van der Waals surface area contributed by atoms with Crippen molar-refractivity contribution in [3.8, 4) is 28.6 Å². The molecule has 9 heteroatoms. The number of ether oxygens (including phenoxy) is 3. The number of aromatic nitrogens is 2. The SMILES string of the molecule is CCCCCN1C(=O)NC(c2ccc(OC)c(OC)c2)C(c2nc(-c3ccc(OC)cc3)no2)=C1C. The average molecular weight is 493 g/mol. The predicted molar refractivity (Wildman–Crippen MR) is 136 cm³/mol. The Morgan fingerprint density at radius 2 is 1.75 bits per heavy atom. The molecule has 1 N–H and O–H groups in total. The third-order valence-electron chi connectivity index (χ3n) is 6.33. The predicted octanol–water partition coefficient (Wildman–Crippen LogP) is 5.45. The largest absolute Gasteiger partial charge is 0.497 e. The van der Waals surface area contributed by atoms with Gasteiger partial charge < -0.3 is 24.1 Å². The molecule has 1 atom stereocenters. The number of amides is 2. The van der Waals surface area contributed by atoms with Gasteiger partial charge in [0, 0.05) is 17.8 Å². The van der Waals surface area contributed by atoms with Gasteiger partial charge in [0.1, 0.15) is 5.75 Å². The van der Waals surface area contributed by atoms with Gasteiger partial charge in [-0.2, -0.15) is 4.98 Å². The van der Waals surface area contributed by atoms with Gasteiger partial charge in [-0.25, -0.2) is 4.79 Å². The molecule has 0 bridgehead atoms. The molecule has 1 unspecified atom stereocenters. The van der Waals surface area contributed by atoms with Crippen LogP contribution in [0.5, 0.6) is 17.2 Å². The minimum absolute atomic E-state index is 0.165. The van der Waals surface area contributed by atoms with Crippen LogP contribution in [0.15, 0.2) is 52.7 Å². The normalized spacial score (nSPS) is 15.6. The highest BCUT2D eigenvalue weighted by Crippen LogP contribution is 2.40. The molecule has 0 spiro atoms. The average Bonchev–Trinajstić information content (AvgIpc) is 3.39. The summed E-state index contributed by atoms with van der Waals surface area (Å²) in [6, 6.07) is 12.3. The lowest BCUT2D eigenvalue weighted by atomic mass is 9.94. The van der Waals surface area contributed by atoms with E-state index < -0.39 is 6.04 Å². The summed E-state index contributed by atoms with van der Waals surface area (Å²) in [5.74, 6) is 2.71. The van der Waals surface area contributed by atoms with Crippen molar-refractivity contribution in [2.24, 2.45) is 0 Å². The number of carbonyl (C=O) groups is 1. The maximum atomic E-state index is 13.2. The maximum absolute atomic E-state index is 13.2. The van der Waals surface area contributed by atoms with E-state index in [-0.39, 0.29) is 6.03 Å². The standard InChI is InChI=1S/C27H32N4O5/c1-6-7-8-15-31-17(2)23(26-29-25(30-36-26)18-9-12-20(33-3)13-10-18)24(28-27(31)32)19-11-14-21(34-4)22(16-19)35-5/h9-14,16,24H,6-8,15H2,1-5H3,(H,28,32). The fourth-order valence-electron chi connectivity index (χ4n) is 4.32. The zero-order valence-electron chi connectivity index (χ0n) is 21.3. The molecule has 190 valence electrons. The van der Waals surface area contributed by atoms with Crippen LogP contribution in [0.25, 0.3) is 17.0 Å². The second-order valence-electron chi connectivity index (χ2n) is 8.51. The number of nitrogens with one attached hydrogen (secondary N) is 1. The summed E-state index contributed by atoms with van der Waals surface area (Å²) in [5.41, 5.74) is 3.13. The Morgan fingerprint density at radius 3 is 2.42 bits per heavy atom. The van der Waals surface area contributed by atoms with Crippen molar-refractivity contribution in [2.45, 2.75) is 39.2 Å². The minimum Gasteiger partial charge on any atom is -0.497 e. The van der Waals surface area contributed by atoms with Gasteiger partial charge in [-0.3, -0.25) is 4.90 Å². The first-order valence-electron chi connectivity index (χ1n) is 12.0. The summed E-state index contributed by atoms with van der Waals surface area (Å²) in [6.45, 7) is 4.66. The van der Waals surface area contributed by atoms with E-state index in [9.17, 15) is 4.79 Å². The first kappa shape index (κ1) is 25.1. The molecule has 0 aliphatic carbocycles. The molecular formula is C27H32N4O5. The molecule has 2 amide bonds. The number of hydrogen-bond acceptors (Lipinski definition) is 7. The molecule has 4 rings (SSSR count). The number of urea groups is 1. The van der Waals surface area contributed by atoms with Crippen molar-refractivity contribution in [3.05, 3.63) is 59.6 Å². The maximum Gasteiger partial charge on any atom is 0.322 e. The molecule has 1 aliphatic rings. The van der Waals surface area contributed by atoms with Gasteiger partial charge >= 0.3 is 6.03 Å². The number of nitrogens with zero attached hydrogens (tertiary/aromatic N) is 3. The second-order valence-corrected chi connectivity index (χ2v) is 8.51. The van der Waals surface area contributed by atoms with Crippen LogP contribution in [-0.4, -0.2) is 48.9 Å². The summed E-state index contributed by atoms with van der Waals surface area (Å²) in [7, 11) is 4.79. The minimum atomic E-state index is -0.510. The van der Waals surface area contributed by atoms with E-state index in [0.29, 0.717) is 29.8 Å². The smallest absolute Gasteiger partial charge is 0.322 e. The van der Waals surface area contributed by atoms with Crippen LogP contribution < -0.4 is 19.5 Å². The summed E-state index contributed by atoms with van der Waals surface area (Å²) < 4.78 is 21.9. The van der Waals surface area contributed by atoms with Gasteiger partial charge in [-0.05, 0) is 55.3 Å². The van der Waals surface area contributed by atoms with Crippen LogP contribution in [0.3, 0.4) is 0 Å². The van der Waals surface area contributed by atoms with Crippen LogP contribution in [-0.2, 0) is 0 Å². The topological polar surface area (TPSA) is 99.0 Å². The highest BCUT2D eigenvalue weighted by molar-refractivity contribution is 5.87. The van der Waals surface area contributed by atoms with Crippen molar-refractivity contribution in [1.82, 2.24) is 20.4 Å². The van der Waals surface area contributed by atoms with Gasteiger partial charge in [0.15, 0.2) is 11.5 Å². The van der Waals surface area contributed by atoms with Crippen LogP contribution >= 0.6 is 0 Å². The number of unbranched alkanes of at least 4 members (excludes halogenated alkanes) is 2. The molecule has 0 saturated heterocycles. The van der Waals surface area contributed by atoms with Crippen LogP contribution in [0.4, 0.5) is 4.79 Å². The Hall–Kier alpha value is -4.01. The van der Waals surface area contributed by atoms with E-state index in [0.717, 1.165) is 47.4 Å². The first-order chi connectivity index (χ1) is 17.5. The third-order valence-corrected chi connectivity index (χ3v) is 6.33. The lowest BCUT2D eigenvalue weighted by Gasteiger charge is -2.35. The molecular weight excluding hydrogens is 460 g/mol. The molecule has 2 aromatic carbocycles. The van der Waals surface area contributed by atoms with Gasteiger partial charge in [0.2, 0.25) is 5.82 Å². The Labute approximate surface area is 211 Å². The zero-order chi connectivity index (χ0) is 25.7. The molecule has 1 aliphatic heterocycles. The lowest BCUT2D eigenvalue weighted by molar-refractivity contribution is 0.204. The Kier molecular flexibility index (Phi) is 7.77. The fraction of sp³-hybridized carbons (Fsp3) is 0.370. The van der Waals surface area contributed by atoms with E-state index in [1.807, 2.05) is 49.4 Å². The second kappa shape index (κ2) is 11.2. The molecule has 0 radical (unpaired) electrons. The van der Waals surface area contributed by atoms with Crippen molar-refractivity contribution in [2.75, 3.05) is 27.9 Å². The van der Waals surface area contributed by atoms with Crippen molar-refractivity contribution in [1.29, 1.82) is 0 Å². The molecule has 0 fully saturated rings. The summed E-state index contributed by atoms with van der Waals surface area (Å²) >= 11 is 0. The first-order valence-corrected chi connectivity index (χ1v) is 12.0. The fourth-order valence-corrected chi connectivity index (χ4v) is 4.32. The molecule has 9 nitrogen and oxygen atoms in total. The summed E-state index contributed by atoms with van der Waals surface area (Å²) in [4.78, 5) is 19.6. The highest BCUT2D eigenvalue weighted by atomic mass is 16.5. The highest BCUT2D eigenvalue weighted by Gasteiger charge is 2.36. The molecule has 2 heterocycles. The van der Waals surface area contributed by atoms with E-state index in [2.05, 4.69) is 17.4 Å². The van der Waals surface area contributed by atoms with Gasteiger partial charge in [0.05, 0.1) is 32.9 Å². The summed E-state index contributed by atoms with van der Waals surface area (Å²) in [5, 5.41) is 7.35. The van der Waals surface area contributed by atoms with Crippen molar-refractivity contribution < 1.29 is 23.5 Å². The Balaban J connectivity index is 1.78. The number of allylic oxidation sites excluding steroid dienone is 1. The van der Waals surface area contributed by atoms with E-state index in [1.165, 1.54) is 0 Å². The summed E-state index contributed by atoms with van der Waals surface area (Å²) in [6.07, 6.45) is 3.00. The van der Waals surface area contributed by atoms with Crippen LogP contribution in [0, 0.1) is 0 Å². The van der Waals surface area contributed by atoms with E-state index in [4.69, 9.17) is 23.7 Å². The number of hydrogen-bond donors (Lipinski definition) is 1. The van der Waals surface area contributed by atoms with Crippen LogP contribution in [0.2, 0.25) is 0 Å². The quantitative estimate of drug-likeness (QED) is 0.376. The Morgan fingerprint density at radius 1 is 1.00 bits per heavy atom. The van der Waals surface area contributed by atoms with Crippen molar-refractivity contribution >= 4 is 11.6 Å². The lowest BCUT2D eigenvalue weighted by Crippen LogP contribution is -2.46. The molecule has 36 heavy (non-hydrogen) atoms. The third kappa shape index (κ3) is 5.00. The number of methoxy groups -OCH3 is 3. The molecule has 0 saturated carbocycles. The van der Waals surface area contributed by atoms with E-state index in [1.54, 1.807) is 26.2 Å². The van der Waals surface area contributed by atoms with Crippen molar-refractivity contribution in [3.63, 3.8) is 0 Å². The Bertz CT molecular complexity index is 1240. The number of benzene rings is 2. The van der Waals surface area contributed by atoms with Crippen LogP contribution in [0.1, 0.15) is 50.6 Å². The monoisotopic (exact) mass is 492 g/mol. The molecule has 1 aromatic heterocycles. The number of rotatable bonds is 10. The van der Waals surface area contributed by atoms with Gasteiger partial charge in [-0.15, -0.1) is 0 Å². The van der Waals surface area contributed by atoms with Gasteiger partial charge in [0.25, 0.3) is 5.89 Å². The van der Waals surface area contributed by atoms with E-state index >= 15 is 0 Å². The number of carbonyl (C=O) groups excluding carboxylic acids is 1. The molecule has 3 aromatic rings. The van der Waals surface area contributed by atoms with Gasteiger partial charge in [-0.1, -0.05) is 31.0 Å².